The first-order chi connectivity index (χ1) is 9.38. The molecular weight excluding hydrogens is 232 g/mol. The van der Waals surface area contributed by atoms with Crippen LogP contribution in [-0.4, -0.2) is 19.6 Å². The molecule has 106 valence electrons. The number of rotatable bonds is 7. The van der Waals surface area contributed by atoms with E-state index >= 15 is 0 Å². The molecule has 1 fully saturated rings. The average Bonchev–Trinajstić information content (AvgIpc) is 2.47. The second-order valence-electron chi connectivity index (χ2n) is 5.73. The highest BCUT2D eigenvalue weighted by molar-refractivity contribution is 5.22. The van der Waals surface area contributed by atoms with Crippen molar-refractivity contribution in [3.63, 3.8) is 0 Å². The highest BCUT2D eigenvalue weighted by Gasteiger charge is 2.11. The molecule has 2 rings (SSSR count). The van der Waals surface area contributed by atoms with Crippen LogP contribution in [0.5, 0.6) is 0 Å². The van der Waals surface area contributed by atoms with Gasteiger partial charge in [0, 0.05) is 6.54 Å². The van der Waals surface area contributed by atoms with Gasteiger partial charge in [0.1, 0.15) is 0 Å². The quantitative estimate of drug-likeness (QED) is 0.736. The van der Waals surface area contributed by atoms with Crippen LogP contribution >= 0.6 is 0 Å². The molecule has 2 nitrogen and oxygen atoms in total. The van der Waals surface area contributed by atoms with Gasteiger partial charge in [-0.05, 0) is 62.4 Å². The van der Waals surface area contributed by atoms with E-state index in [1.165, 1.54) is 56.3 Å². The van der Waals surface area contributed by atoms with Gasteiger partial charge in [-0.2, -0.15) is 0 Å². The Kier molecular flexibility index (Phi) is 6.38. The van der Waals surface area contributed by atoms with Gasteiger partial charge >= 0.3 is 0 Å². The molecule has 0 atom stereocenters. The molecule has 0 bridgehead atoms. The molecule has 19 heavy (non-hydrogen) atoms. The minimum atomic E-state index is 0.931. The van der Waals surface area contributed by atoms with Crippen molar-refractivity contribution in [2.75, 3.05) is 19.6 Å². The van der Waals surface area contributed by atoms with Gasteiger partial charge in [0.15, 0.2) is 0 Å². The molecule has 2 heteroatoms. The summed E-state index contributed by atoms with van der Waals surface area (Å²) in [7, 11) is 0. The van der Waals surface area contributed by atoms with E-state index in [1.807, 2.05) is 0 Å². The Morgan fingerprint density at radius 1 is 1.11 bits per heavy atom. The van der Waals surface area contributed by atoms with Gasteiger partial charge in [0.2, 0.25) is 0 Å². The van der Waals surface area contributed by atoms with Gasteiger partial charge < -0.3 is 10.6 Å². The molecule has 0 aromatic heterocycles. The van der Waals surface area contributed by atoms with E-state index in [2.05, 4.69) is 41.8 Å². The molecule has 0 saturated carbocycles. The van der Waals surface area contributed by atoms with E-state index < -0.39 is 0 Å². The summed E-state index contributed by atoms with van der Waals surface area (Å²) in [5, 5.41) is 7.01. The molecule has 1 aliphatic heterocycles. The topological polar surface area (TPSA) is 24.1 Å². The maximum absolute atomic E-state index is 3.58. The van der Waals surface area contributed by atoms with Crippen LogP contribution < -0.4 is 10.6 Å². The van der Waals surface area contributed by atoms with Crippen molar-refractivity contribution in [1.82, 2.24) is 10.6 Å². The molecule has 0 spiro atoms. The molecule has 1 heterocycles. The van der Waals surface area contributed by atoms with E-state index in [9.17, 15) is 0 Å². The van der Waals surface area contributed by atoms with Gasteiger partial charge in [-0.3, -0.25) is 0 Å². The van der Waals surface area contributed by atoms with Crippen LogP contribution in [0.25, 0.3) is 0 Å². The summed E-state index contributed by atoms with van der Waals surface area (Å²) >= 11 is 0. The number of hydrogen-bond acceptors (Lipinski definition) is 2. The third kappa shape index (κ3) is 5.33. The molecule has 1 aromatic rings. The molecular formula is C17H28N2. The molecule has 0 radical (unpaired) electrons. The second kappa shape index (κ2) is 8.34. The van der Waals surface area contributed by atoms with Crippen molar-refractivity contribution >= 4 is 0 Å². The Morgan fingerprint density at radius 2 is 1.79 bits per heavy atom. The summed E-state index contributed by atoms with van der Waals surface area (Å²) in [4.78, 5) is 0. The standard InChI is InChI=1S/C17H28N2/c1-2-3-15-4-6-17(7-5-15)14-19-13-10-16-8-11-18-12-9-16/h4-7,16,18-19H,2-3,8-14H2,1H3. The lowest BCUT2D eigenvalue weighted by molar-refractivity contribution is 0.348. The number of benzene rings is 1. The molecule has 0 amide bonds. The highest BCUT2D eigenvalue weighted by atomic mass is 14.9. The van der Waals surface area contributed by atoms with Crippen LogP contribution in [0, 0.1) is 5.92 Å². The predicted molar refractivity (Wildman–Crippen MR) is 82.4 cm³/mol. The van der Waals surface area contributed by atoms with Crippen molar-refractivity contribution < 1.29 is 0 Å². The molecule has 1 aromatic carbocycles. The van der Waals surface area contributed by atoms with Gasteiger partial charge in [0.25, 0.3) is 0 Å². The lowest BCUT2D eigenvalue weighted by Gasteiger charge is -2.22. The molecule has 2 N–H and O–H groups in total. The molecule has 1 aliphatic rings. The maximum atomic E-state index is 3.58. The van der Waals surface area contributed by atoms with Crippen LogP contribution in [0.4, 0.5) is 0 Å². The van der Waals surface area contributed by atoms with Crippen LogP contribution in [0.2, 0.25) is 0 Å². The van der Waals surface area contributed by atoms with Crippen molar-refractivity contribution in [3.8, 4) is 0 Å². The van der Waals surface area contributed by atoms with E-state index in [0.29, 0.717) is 0 Å². The van der Waals surface area contributed by atoms with Crippen LogP contribution in [0.15, 0.2) is 24.3 Å². The van der Waals surface area contributed by atoms with E-state index in [0.717, 1.165) is 19.0 Å². The van der Waals surface area contributed by atoms with Gasteiger partial charge in [-0.25, -0.2) is 0 Å². The molecule has 1 saturated heterocycles. The number of nitrogens with one attached hydrogen (secondary N) is 2. The summed E-state index contributed by atoms with van der Waals surface area (Å²) in [5.41, 5.74) is 2.87. The number of hydrogen-bond donors (Lipinski definition) is 2. The SMILES string of the molecule is CCCc1ccc(CNCCC2CCNCC2)cc1. The summed E-state index contributed by atoms with van der Waals surface area (Å²) in [5.74, 6) is 0.931. The Balaban J connectivity index is 1.62. The smallest absolute Gasteiger partial charge is 0.0205 e. The van der Waals surface area contributed by atoms with E-state index in [-0.39, 0.29) is 0 Å². The fraction of sp³-hybridized carbons (Fsp3) is 0.647. The molecule has 0 aliphatic carbocycles. The zero-order valence-corrected chi connectivity index (χ0v) is 12.3. The van der Waals surface area contributed by atoms with Crippen molar-refractivity contribution in [1.29, 1.82) is 0 Å². The first-order valence-corrected chi connectivity index (χ1v) is 7.87. The fourth-order valence-electron chi connectivity index (χ4n) is 2.82. The fourth-order valence-corrected chi connectivity index (χ4v) is 2.82. The number of aryl methyl sites for hydroxylation is 1. The normalized spacial score (nSPS) is 16.7. The maximum Gasteiger partial charge on any atom is 0.0205 e. The van der Waals surface area contributed by atoms with Gasteiger partial charge in [0.05, 0.1) is 0 Å². The zero-order chi connectivity index (χ0) is 13.3. The lowest BCUT2D eigenvalue weighted by atomic mass is 9.95. The van der Waals surface area contributed by atoms with Crippen LogP contribution in [0.3, 0.4) is 0 Å². The van der Waals surface area contributed by atoms with Crippen LogP contribution in [0.1, 0.15) is 43.7 Å². The Bertz CT molecular complexity index is 339. The predicted octanol–water partition coefficient (Wildman–Crippen LogP) is 3.12. The second-order valence-corrected chi connectivity index (χ2v) is 5.73. The zero-order valence-electron chi connectivity index (χ0n) is 12.3. The first kappa shape index (κ1) is 14.5. The minimum absolute atomic E-state index is 0.931. The third-order valence-corrected chi connectivity index (χ3v) is 4.08. The van der Waals surface area contributed by atoms with Crippen molar-refractivity contribution in [2.24, 2.45) is 5.92 Å². The third-order valence-electron chi connectivity index (χ3n) is 4.08. The van der Waals surface area contributed by atoms with Gasteiger partial charge in [-0.15, -0.1) is 0 Å². The Hall–Kier alpha value is -0.860. The summed E-state index contributed by atoms with van der Waals surface area (Å²) in [6, 6.07) is 9.08. The summed E-state index contributed by atoms with van der Waals surface area (Å²) in [6.07, 6.45) is 6.47. The highest BCUT2D eigenvalue weighted by Crippen LogP contribution is 2.15. The Morgan fingerprint density at radius 3 is 2.47 bits per heavy atom. The number of piperidine rings is 1. The molecule has 0 unspecified atom stereocenters. The minimum Gasteiger partial charge on any atom is -0.317 e. The van der Waals surface area contributed by atoms with Crippen molar-refractivity contribution in [3.05, 3.63) is 35.4 Å². The van der Waals surface area contributed by atoms with E-state index in [4.69, 9.17) is 0 Å². The van der Waals surface area contributed by atoms with Crippen LogP contribution in [-0.2, 0) is 13.0 Å². The van der Waals surface area contributed by atoms with Crippen molar-refractivity contribution in [2.45, 2.75) is 45.6 Å². The summed E-state index contributed by atoms with van der Waals surface area (Å²) < 4.78 is 0. The largest absolute Gasteiger partial charge is 0.317 e. The van der Waals surface area contributed by atoms with Gasteiger partial charge in [-0.1, -0.05) is 37.6 Å². The summed E-state index contributed by atoms with van der Waals surface area (Å²) in [6.45, 7) is 6.82. The lowest BCUT2D eigenvalue weighted by Crippen LogP contribution is -2.29. The average molecular weight is 260 g/mol. The Labute approximate surface area is 118 Å². The van der Waals surface area contributed by atoms with E-state index in [1.54, 1.807) is 0 Å². The first-order valence-electron chi connectivity index (χ1n) is 7.87. The monoisotopic (exact) mass is 260 g/mol.